The molecule has 1 unspecified atom stereocenters. The minimum Gasteiger partial charge on any atom is -0.494 e. The van der Waals surface area contributed by atoms with E-state index in [0.29, 0.717) is 5.92 Å². The molecule has 0 fully saturated rings. The number of rotatable bonds is 6. The van der Waals surface area contributed by atoms with Gasteiger partial charge in [0, 0.05) is 6.04 Å². The van der Waals surface area contributed by atoms with Crippen LogP contribution in [0.15, 0.2) is 24.3 Å². The Kier molecular flexibility index (Phi) is 5.33. The van der Waals surface area contributed by atoms with Crippen molar-refractivity contribution < 1.29 is 4.74 Å². The maximum Gasteiger partial charge on any atom is 0.119 e. The lowest BCUT2D eigenvalue weighted by Crippen LogP contribution is -2.12. The Balaban J connectivity index is 2.56. The molecule has 0 amide bonds. The van der Waals surface area contributed by atoms with Gasteiger partial charge in [0.1, 0.15) is 5.75 Å². The third-order valence-electron chi connectivity index (χ3n) is 2.51. The molecular formula is C14H23NO. The minimum absolute atomic E-state index is 0.139. The van der Waals surface area contributed by atoms with Gasteiger partial charge in [-0.3, -0.25) is 0 Å². The zero-order chi connectivity index (χ0) is 12.0. The average Bonchev–Trinajstić information content (AvgIpc) is 2.26. The number of hydrogen-bond donors (Lipinski definition) is 1. The van der Waals surface area contributed by atoms with Gasteiger partial charge in [-0.25, -0.2) is 0 Å². The predicted octanol–water partition coefficient (Wildman–Crippen LogP) is 3.52. The number of hydrogen-bond acceptors (Lipinski definition) is 2. The molecule has 0 radical (unpaired) electrons. The van der Waals surface area contributed by atoms with E-state index in [0.717, 1.165) is 25.2 Å². The summed E-state index contributed by atoms with van der Waals surface area (Å²) in [7, 11) is 0. The molecule has 1 aromatic rings. The summed E-state index contributed by atoms with van der Waals surface area (Å²) in [6, 6.07) is 8.28. The fourth-order valence-corrected chi connectivity index (χ4v) is 1.68. The van der Waals surface area contributed by atoms with Crippen molar-refractivity contribution in [2.45, 2.75) is 39.7 Å². The zero-order valence-electron chi connectivity index (χ0n) is 10.6. The Morgan fingerprint density at radius 3 is 2.31 bits per heavy atom. The summed E-state index contributed by atoms with van der Waals surface area (Å²) in [5.74, 6) is 1.56. The molecule has 90 valence electrons. The fourth-order valence-electron chi connectivity index (χ4n) is 1.68. The van der Waals surface area contributed by atoms with Gasteiger partial charge in [-0.05, 0) is 36.5 Å². The van der Waals surface area contributed by atoms with Crippen molar-refractivity contribution in [1.82, 2.24) is 0 Å². The quantitative estimate of drug-likeness (QED) is 0.797. The van der Waals surface area contributed by atoms with Gasteiger partial charge in [0.25, 0.3) is 0 Å². The second-order valence-electron chi connectivity index (χ2n) is 4.65. The third-order valence-corrected chi connectivity index (χ3v) is 2.51. The van der Waals surface area contributed by atoms with Gasteiger partial charge in [0.05, 0.1) is 6.61 Å². The van der Waals surface area contributed by atoms with Crippen molar-refractivity contribution in [2.24, 2.45) is 11.7 Å². The molecule has 0 spiro atoms. The highest BCUT2D eigenvalue weighted by Crippen LogP contribution is 2.21. The average molecular weight is 221 g/mol. The molecule has 0 aliphatic carbocycles. The molecule has 1 rings (SSSR count). The highest BCUT2D eigenvalue weighted by atomic mass is 16.5. The first-order valence-corrected chi connectivity index (χ1v) is 6.11. The molecule has 2 nitrogen and oxygen atoms in total. The van der Waals surface area contributed by atoms with Crippen LogP contribution in [0.4, 0.5) is 0 Å². The largest absolute Gasteiger partial charge is 0.494 e. The Labute approximate surface area is 98.8 Å². The first-order valence-electron chi connectivity index (χ1n) is 6.11. The molecule has 0 saturated carbocycles. The van der Waals surface area contributed by atoms with Crippen molar-refractivity contribution >= 4 is 0 Å². The first kappa shape index (κ1) is 13.0. The number of nitrogens with two attached hydrogens (primary N) is 1. The lowest BCUT2D eigenvalue weighted by Gasteiger charge is -2.15. The van der Waals surface area contributed by atoms with E-state index in [-0.39, 0.29) is 6.04 Å². The van der Waals surface area contributed by atoms with Gasteiger partial charge in [-0.1, -0.05) is 32.9 Å². The van der Waals surface area contributed by atoms with Crippen LogP contribution >= 0.6 is 0 Å². The lowest BCUT2D eigenvalue weighted by molar-refractivity contribution is 0.317. The summed E-state index contributed by atoms with van der Waals surface area (Å²) in [5, 5.41) is 0. The van der Waals surface area contributed by atoms with Crippen LogP contribution in [0.1, 0.15) is 45.2 Å². The summed E-state index contributed by atoms with van der Waals surface area (Å²) >= 11 is 0. The standard InChI is InChI=1S/C14H23NO/c1-4-9-16-13-7-5-12(6-8-13)14(15)10-11(2)3/h5-8,11,14H,4,9-10,15H2,1-3H3. The summed E-state index contributed by atoms with van der Waals surface area (Å²) in [6.45, 7) is 7.27. The summed E-state index contributed by atoms with van der Waals surface area (Å²) < 4.78 is 5.53. The van der Waals surface area contributed by atoms with E-state index in [1.807, 2.05) is 12.1 Å². The molecule has 0 saturated heterocycles. The van der Waals surface area contributed by atoms with Gasteiger partial charge in [0.15, 0.2) is 0 Å². The van der Waals surface area contributed by atoms with Crippen LogP contribution in [-0.2, 0) is 0 Å². The van der Waals surface area contributed by atoms with Crippen LogP contribution in [0.25, 0.3) is 0 Å². The monoisotopic (exact) mass is 221 g/mol. The molecule has 0 aromatic heterocycles. The molecule has 1 aromatic carbocycles. The number of benzene rings is 1. The van der Waals surface area contributed by atoms with Crippen molar-refractivity contribution in [3.05, 3.63) is 29.8 Å². The lowest BCUT2D eigenvalue weighted by atomic mass is 9.98. The van der Waals surface area contributed by atoms with E-state index >= 15 is 0 Å². The van der Waals surface area contributed by atoms with E-state index in [1.54, 1.807) is 0 Å². The van der Waals surface area contributed by atoms with Crippen molar-refractivity contribution in [3.63, 3.8) is 0 Å². The maximum atomic E-state index is 6.11. The molecule has 0 heterocycles. The smallest absolute Gasteiger partial charge is 0.119 e. The Hall–Kier alpha value is -1.02. The minimum atomic E-state index is 0.139. The maximum absolute atomic E-state index is 6.11. The summed E-state index contributed by atoms with van der Waals surface area (Å²) in [5.41, 5.74) is 7.30. The van der Waals surface area contributed by atoms with Crippen molar-refractivity contribution in [2.75, 3.05) is 6.61 Å². The predicted molar refractivity (Wildman–Crippen MR) is 68.6 cm³/mol. The second kappa shape index (κ2) is 6.54. The van der Waals surface area contributed by atoms with E-state index in [9.17, 15) is 0 Å². The van der Waals surface area contributed by atoms with Gasteiger partial charge < -0.3 is 10.5 Å². The Morgan fingerprint density at radius 1 is 1.19 bits per heavy atom. The van der Waals surface area contributed by atoms with Crippen molar-refractivity contribution in [3.8, 4) is 5.75 Å². The van der Waals surface area contributed by atoms with Crippen LogP contribution in [0, 0.1) is 5.92 Å². The SMILES string of the molecule is CCCOc1ccc(C(N)CC(C)C)cc1. The Bertz CT molecular complexity index is 292. The van der Waals surface area contributed by atoms with E-state index in [2.05, 4.69) is 32.9 Å². The molecule has 0 bridgehead atoms. The Morgan fingerprint density at radius 2 is 1.81 bits per heavy atom. The van der Waals surface area contributed by atoms with E-state index in [1.165, 1.54) is 5.56 Å². The van der Waals surface area contributed by atoms with Gasteiger partial charge in [-0.15, -0.1) is 0 Å². The van der Waals surface area contributed by atoms with Crippen LogP contribution < -0.4 is 10.5 Å². The van der Waals surface area contributed by atoms with E-state index < -0.39 is 0 Å². The van der Waals surface area contributed by atoms with Crippen LogP contribution in [0.3, 0.4) is 0 Å². The molecular weight excluding hydrogens is 198 g/mol. The third kappa shape index (κ3) is 4.23. The molecule has 2 heteroatoms. The number of ether oxygens (including phenoxy) is 1. The fraction of sp³-hybridized carbons (Fsp3) is 0.571. The normalized spacial score (nSPS) is 12.8. The summed E-state index contributed by atoms with van der Waals surface area (Å²) in [6.07, 6.45) is 2.06. The molecule has 0 aliphatic heterocycles. The first-order chi connectivity index (χ1) is 7.63. The van der Waals surface area contributed by atoms with Crippen molar-refractivity contribution in [1.29, 1.82) is 0 Å². The van der Waals surface area contributed by atoms with E-state index in [4.69, 9.17) is 10.5 Å². The highest BCUT2D eigenvalue weighted by molar-refractivity contribution is 5.29. The zero-order valence-corrected chi connectivity index (χ0v) is 10.6. The topological polar surface area (TPSA) is 35.2 Å². The van der Waals surface area contributed by atoms with Gasteiger partial charge in [0.2, 0.25) is 0 Å². The highest BCUT2D eigenvalue weighted by Gasteiger charge is 2.07. The van der Waals surface area contributed by atoms with Crippen LogP contribution in [0.2, 0.25) is 0 Å². The second-order valence-corrected chi connectivity index (χ2v) is 4.65. The summed E-state index contributed by atoms with van der Waals surface area (Å²) in [4.78, 5) is 0. The van der Waals surface area contributed by atoms with Crippen LogP contribution in [0.5, 0.6) is 5.75 Å². The molecule has 1 atom stereocenters. The van der Waals surface area contributed by atoms with Gasteiger partial charge >= 0.3 is 0 Å². The molecule has 2 N–H and O–H groups in total. The van der Waals surface area contributed by atoms with Gasteiger partial charge in [-0.2, -0.15) is 0 Å². The van der Waals surface area contributed by atoms with Crippen LogP contribution in [-0.4, -0.2) is 6.61 Å². The molecule has 0 aliphatic rings. The molecule has 16 heavy (non-hydrogen) atoms.